The second-order valence-corrected chi connectivity index (χ2v) is 9.20. The first-order chi connectivity index (χ1) is 18.2. The van der Waals surface area contributed by atoms with Gasteiger partial charge in [-0.05, 0) is 38.1 Å². The van der Waals surface area contributed by atoms with Crippen LogP contribution in [0.5, 0.6) is 0 Å². The van der Waals surface area contributed by atoms with Crippen LogP contribution >= 0.6 is 0 Å². The summed E-state index contributed by atoms with van der Waals surface area (Å²) in [5.74, 6) is -0.213. The van der Waals surface area contributed by atoms with E-state index in [-0.39, 0.29) is 6.61 Å². The molecule has 4 atom stereocenters. The highest BCUT2D eigenvalue weighted by molar-refractivity contribution is 5.89. The number of carbonyl (C=O) groups is 2. The quantitative estimate of drug-likeness (QED) is 0.340. The fourth-order valence-corrected chi connectivity index (χ4v) is 4.51. The van der Waals surface area contributed by atoms with Gasteiger partial charge in [-0.15, -0.1) is 0 Å². The summed E-state index contributed by atoms with van der Waals surface area (Å²) in [6.45, 7) is 3.86. The molecule has 0 radical (unpaired) electrons. The Hall–Kier alpha value is -4.32. The lowest BCUT2D eigenvalue weighted by molar-refractivity contribution is -0.175. The molecule has 1 aromatic carbocycles. The highest BCUT2D eigenvalue weighted by Crippen LogP contribution is 2.51. The molecule has 1 fully saturated rings. The van der Waals surface area contributed by atoms with Gasteiger partial charge in [0.05, 0.1) is 24.7 Å². The SMILES string of the molecule is CC(=O)O[C@@]1(C)[C@@H](COC(=O)c2ccccc2)O[C@@H](n2cnc3c(NCc4ccco4)ncnc32)[C@]1(C)F. The van der Waals surface area contributed by atoms with Crippen molar-refractivity contribution in [1.29, 1.82) is 0 Å². The Kier molecular flexibility index (Phi) is 6.57. The van der Waals surface area contributed by atoms with Crippen molar-refractivity contribution in [1.82, 2.24) is 19.5 Å². The summed E-state index contributed by atoms with van der Waals surface area (Å²) in [5, 5.41) is 3.13. The Bertz CT molecular complexity index is 1440. The zero-order chi connectivity index (χ0) is 26.9. The molecule has 1 aliphatic heterocycles. The van der Waals surface area contributed by atoms with Gasteiger partial charge in [-0.25, -0.2) is 24.1 Å². The van der Waals surface area contributed by atoms with Gasteiger partial charge in [0.1, 0.15) is 24.8 Å². The van der Waals surface area contributed by atoms with Crippen LogP contribution in [-0.2, 0) is 25.5 Å². The molecule has 0 aliphatic carbocycles. The summed E-state index contributed by atoms with van der Waals surface area (Å²) in [7, 11) is 0. The third-order valence-corrected chi connectivity index (χ3v) is 6.69. The van der Waals surface area contributed by atoms with Crippen molar-refractivity contribution in [2.45, 2.75) is 50.9 Å². The van der Waals surface area contributed by atoms with Gasteiger partial charge in [-0.1, -0.05) is 18.2 Å². The van der Waals surface area contributed by atoms with E-state index < -0.39 is 35.5 Å². The summed E-state index contributed by atoms with van der Waals surface area (Å²) in [6.07, 6.45) is 1.82. The number of anilines is 1. The normalized spacial score (nSPS) is 24.8. The zero-order valence-electron chi connectivity index (χ0n) is 21.0. The summed E-state index contributed by atoms with van der Waals surface area (Å²) in [5.41, 5.74) is -3.08. The van der Waals surface area contributed by atoms with Gasteiger partial charge in [0.25, 0.3) is 0 Å². The number of nitrogens with one attached hydrogen (secondary N) is 1. The molecule has 0 spiro atoms. The van der Waals surface area contributed by atoms with Crippen LogP contribution in [0.15, 0.2) is 65.8 Å². The Morgan fingerprint density at radius 3 is 2.63 bits per heavy atom. The van der Waals surface area contributed by atoms with Crippen LogP contribution < -0.4 is 5.32 Å². The maximum atomic E-state index is 16.6. The van der Waals surface area contributed by atoms with Gasteiger partial charge >= 0.3 is 11.9 Å². The van der Waals surface area contributed by atoms with Crippen LogP contribution in [0.2, 0.25) is 0 Å². The highest BCUT2D eigenvalue weighted by atomic mass is 19.1. The van der Waals surface area contributed by atoms with Gasteiger partial charge < -0.3 is 23.9 Å². The lowest BCUT2D eigenvalue weighted by Gasteiger charge is -2.36. The predicted octanol–water partition coefficient (Wildman–Crippen LogP) is 3.84. The smallest absolute Gasteiger partial charge is 0.338 e. The predicted molar refractivity (Wildman–Crippen MR) is 132 cm³/mol. The van der Waals surface area contributed by atoms with Gasteiger partial charge in [-0.2, -0.15) is 0 Å². The van der Waals surface area contributed by atoms with Crippen molar-refractivity contribution in [2.75, 3.05) is 11.9 Å². The van der Waals surface area contributed by atoms with Crippen LogP contribution in [0.25, 0.3) is 11.2 Å². The number of aromatic nitrogens is 4. The number of ether oxygens (including phenoxy) is 3. The van der Waals surface area contributed by atoms with Gasteiger partial charge in [0.2, 0.25) is 0 Å². The van der Waals surface area contributed by atoms with E-state index in [1.54, 1.807) is 42.7 Å². The number of carbonyl (C=O) groups excluding carboxylic acids is 2. The number of halogens is 1. The minimum Gasteiger partial charge on any atom is -0.467 e. The monoisotopic (exact) mass is 523 g/mol. The average molecular weight is 524 g/mol. The van der Waals surface area contributed by atoms with E-state index in [2.05, 4.69) is 20.3 Å². The first-order valence-electron chi connectivity index (χ1n) is 11.9. The summed E-state index contributed by atoms with van der Waals surface area (Å²) in [6, 6.07) is 11.9. The van der Waals surface area contributed by atoms with Crippen molar-refractivity contribution in [3.8, 4) is 0 Å². The molecule has 1 saturated heterocycles. The standard InChI is InChI=1S/C26H26FN5O6/c1-16(33)38-26(3)19(13-36-23(34)17-8-5-4-6-9-17)37-24(25(26,2)27)32-15-31-20-21(29-14-30-22(20)32)28-12-18-10-7-11-35-18/h4-11,14-15,19,24H,12-13H2,1-3H3,(H,28,29,30)/t19-,24-,25+,26+/m1/s1. The number of alkyl halides is 1. The Morgan fingerprint density at radius 1 is 1.13 bits per heavy atom. The molecule has 38 heavy (non-hydrogen) atoms. The van der Waals surface area contributed by atoms with Crippen molar-refractivity contribution < 1.29 is 32.6 Å². The first-order valence-corrected chi connectivity index (χ1v) is 11.9. The summed E-state index contributed by atoms with van der Waals surface area (Å²) < 4.78 is 40.4. The molecule has 11 nitrogen and oxygen atoms in total. The topological polar surface area (TPSA) is 131 Å². The Morgan fingerprint density at radius 2 is 1.92 bits per heavy atom. The van der Waals surface area contributed by atoms with E-state index >= 15 is 4.39 Å². The van der Waals surface area contributed by atoms with Crippen molar-refractivity contribution in [2.24, 2.45) is 0 Å². The third kappa shape index (κ3) is 4.47. The van der Waals surface area contributed by atoms with Gasteiger partial charge in [0, 0.05) is 6.92 Å². The van der Waals surface area contributed by atoms with E-state index in [0.717, 1.165) is 0 Å². The number of nitrogens with zero attached hydrogens (tertiary/aromatic N) is 4. The van der Waals surface area contributed by atoms with Crippen molar-refractivity contribution >= 4 is 28.9 Å². The van der Waals surface area contributed by atoms with E-state index in [4.69, 9.17) is 18.6 Å². The zero-order valence-corrected chi connectivity index (χ0v) is 21.0. The van der Waals surface area contributed by atoms with Crippen LogP contribution in [0, 0.1) is 0 Å². The second-order valence-electron chi connectivity index (χ2n) is 9.20. The molecule has 0 unspecified atom stereocenters. The van der Waals surface area contributed by atoms with E-state index in [0.29, 0.717) is 34.9 Å². The maximum absolute atomic E-state index is 16.6. The number of fused-ring (bicyclic) bond motifs is 1. The lowest BCUT2D eigenvalue weighted by Crippen LogP contribution is -2.55. The fourth-order valence-electron chi connectivity index (χ4n) is 4.51. The molecule has 4 aromatic rings. The number of rotatable bonds is 8. The maximum Gasteiger partial charge on any atom is 0.338 e. The van der Waals surface area contributed by atoms with Crippen molar-refractivity contribution in [3.05, 3.63) is 72.7 Å². The molecule has 0 bridgehead atoms. The number of esters is 2. The Balaban J connectivity index is 1.43. The molecule has 198 valence electrons. The van der Waals surface area contributed by atoms with Crippen LogP contribution in [0.3, 0.4) is 0 Å². The number of imidazole rings is 1. The third-order valence-electron chi connectivity index (χ3n) is 6.69. The fraction of sp³-hybridized carbons (Fsp3) is 0.346. The van der Waals surface area contributed by atoms with Crippen LogP contribution in [0.1, 0.15) is 43.1 Å². The highest BCUT2D eigenvalue weighted by Gasteiger charge is 2.66. The minimum atomic E-state index is -2.27. The molecule has 5 rings (SSSR count). The Labute approximate surface area is 216 Å². The van der Waals surface area contributed by atoms with E-state index in [1.165, 1.54) is 38.0 Å². The van der Waals surface area contributed by atoms with Crippen LogP contribution in [0.4, 0.5) is 10.2 Å². The summed E-state index contributed by atoms with van der Waals surface area (Å²) in [4.78, 5) is 37.5. The molecule has 4 heterocycles. The largest absolute Gasteiger partial charge is 0.467 e. The number of hydrogen-bond acceptors (Lipinski definition) is 10. The minimum absolute atomic E-state index is 0.294. The number of furan rings is 1. The molecule has 1 N–H and O–H groups in total. The number of hydrogen-bond donors (Lipinski definition) is 1. The lowest BCUT2D eigenvalue weighted by atomic mass is 9.84. The average Bonchev–Trinajstić information content (AvgIpc) is 3.61. The van der Waals surface area contributed by atoms with E-state index in [1.807, 2.05) is 6.07 Å². The first kappa shape index (κ1) is 25.3. The van der Waals surface area contributed by atoms with Crippen molar-refractivity contribution in [3.63, 3.8) is 0 Å². The van der Waals surface area contributed by atoms with Gasteiger partial charge in [0.15, 0.2) is 34.5 Å². The molecule has 0 saturated carbocycles. The van der Waals surface area contributed by atoms with Gasteiger partial charge in [-0.3, -0.25) is 9.36 Å². The second kappa shape index (κ2) is 9.86. The molecule has 3 aromatic heterocycles. The molecule has 12 heteroatoms. The number of benzene rings is 1. The molecular formula is C26H26FN5O6. The molecule has 0 amide bonds. The summed E-state index contributed by atoms with van der Waals surface area (Å²) >= 11 is 0. The molecular weight excluding hydrogens is 497 g/mol. The van der Waals surface area contributed by atoms with Crippen LogP contribution in [-0.4, -0.2) is 55.4 Å². The van der Waals surface area contributed by atoms with E-state index in [9.17, 15) is 9.59 Å². The molecule has 1 aliphatic rings.